The second kappa shape index (κ2) is 10.1. The summed E-state index contributed by atoms with van der Waals surface area (Å²) in [5.41, 5.74) is 6.10. The number of phosphoric acid groups is 3. The summed E-state index contributed by atoms with van der Waals surface area (Å²) in [4.78, 5) is 40.8. The Morgan fingerprint density at radius 1 is 1.12 bits per heavy atom. The third-order valence-electron chi connectivity index (χ3n) is 3.98. The molecule has 6 unspecified atom stereocenters. The van der Waals surface area contributed by atoms with Crippen LogP contribution in [0.2, 0.25) is 0 Å². The fraction of sp³-hybridized carbons (Fsp3) is 0.583. The zero-order valence-corrected chi connectivity index (χ0v) is 18.7. The number of phosphoric ester groups is 1. The lowest BCUT2D eigenvalue weighted by molar-refractivity contribution is -0.0687. The van der Waals surface area contributed by atoms with E-state index in [4.69, 9.17) is 30.3 Å². The quantitative estimate of drug-likeness (QED) is 0.146. The molecule has 0 spiro atoms. The van der Waals surface area contributed by atoms with Crippen molar-refractivity contribution < 1.29 is 66.5 Å². The van der Waals surface area contributed by atoms with Crippen LogP contribution in [0.25, 0.3) is 0 Å². The lowest BCUT2D eigenvalue weighted by atomic mass is 10.1. The zero-order valence-electron chi connectivity index (χ0n) is 16.0. The SMILES string of the molecule is C=C1N=C(N)C(CCO)=CN1C1OC(COP(=O)(O)OP(=O)(O)OP(=O)(O)O)C(O)C1O. The van der Waals surface area contributed by atoms with Gasteiger partial charge in [0.1, 0.15) is 30.0 Å². The summed E-state index contributed by atoms with van der Waals surface area (Å²) in [6, 6.07) is 0. The summed E-state index contributed by atoms with van der Waals surface area (Å²) < 4.78 is 50.7. The van der Waals surface area contributed by atoms with Gasteiger partial charge in [-0.15, -0.1) is 0 Å². The van der Waals surface area contributed by atoms with Gasteiger partial charge in [-0.25, -0.2) is 18.7 Å². The molecule has 6 atom stereocenters. The summed E-state index contributed by atoms with van der Waals surface area (Å²) in [7, 11) is -16.7. The van der Waals surface area contributed by atoms with Crippen molar-refractivity contribution in [1.82, 2.24) is 4.90 Å². The fourth-order valence-corrected chi connectivity index (χ4v) is 5.71. The van der Waals surface area contributed by atoms with Crippen molar-refractivity contribution in [2.75, 3.05) is 13.2 Å². The molecule has 9 N–H and O–H groups in total. The van der Waals surface area contributed by atoms with E-state index in [0.29, 0.717) is 5.57 Å². The summed E-state index contributed by atoms with van der Waals surface area (Å²) >= 11 is 0. The molecular formula is C12H22N3O14P3. The molecule has 0 bridgehead atoms. The van der Waals surface area contributed by atoms with Gasteiger partial charge in [-0.1, -0.05) is 6.58 Å². The third kappa shape index (κ3) is 7.25. The molecule has 32 heavy (non-hydrogen) atoms. The highest BCUT2D eigenvalue weighted by molar-refractivity contribution is 7.66. The largest absolute Gasteiger partial charge is 0.490 e. The minimum absolute atomic E-state index is 0.00831. The second-order valence-corrected chi connectivity index (χ2v) is 10.8. The molecular weight excluding hydrogens is 503 g/mol. The Hall–Kier alpha value is -1.00. The Morgan fingerprint density at radius 3 is 2.31 bits per heavy atom. The van der Waals surface area contributed by atoms with Gasteiger partial charge < -0.3 is 50.3 Å². The molecule has 2 heterocycles. The lowest BCUT2D eigenvalue weighted by Crippen LogP contribution is -2.42. The maximum absolute atomic E-state index is 11.8. The van der Waals surface area contributed by atoms with Crippen LogP contribution >= 0.6 is 23.5 Å². The van der Waals surface area contributed by atoms with E-state index >= 15 is 0 Å². The van der Waals surface area contributed by atoms with Crippen molar-refractivity contribution in [1.29, 1.82) is 0 Å². The minimum Gasteiger partial charge on any atom is -0.396 e. The summed E-state index contributed by atoms with van der Waals surface area (Å²) in [6.45, 7) is 2.39. The number of rotatable bonds is 10. The van der Waals surface area contributed by atoms with E-state index in [1.807, 2.05) is 0 Å². The number of ether oxygens (including phenoxy) is 1. The van der Waals surface area contributed by atoms with Crippen molar-refractivity contribution in [2.45, 2.75) is 31.0 Å². The Morgan fingerprint density at radius 2 is 1.75 bits per heavy atom. The number of hydrogen-bond acceptors (Lipinski definition) is 13. The Balaban J connectivity index is 2.06. The molecule has 0 aromatic rings. The third-order valence-corrected chi connectivity index (χ3v) is 7.78. The standard InChI is InChI=1S/C12H22N3O14P3/c1-6-14-11(13)7(2-3-16)4-15(6)12-10(18)9(17)8(27-12)5-26-31(22,23)29-32(24,25)28-30(19,20)21/h4,8-10,12,16-18H,1-3,5H2,(H2,13,14)(H,22,23)(H,24,25)(H2,19,20,21). The van der Waals surface area contributed by atoms with Gasteiger partial charge in [0.2, 0.25) is 0 Å². The molecule has 0 amide bonds. The van der Waals surface area contributed by atoms with E-state index in [0.717, 1.165) is 0 Å². The van der Waals surface area contributed by atoms with Crippen molar-refractivity contribution in [3.63, 3.8) is 0 Å². The van der Waals surface area contributed by atoms with Crippen molar-refractivity contribution in [3.05, 3.63) is 24.2 Å². The Kier molecular flexibility index (Phi) is 8.59. The van der Waals surface area contributed by atoms with Crippen LogP contribution in [0.1, 0.15) is 6.42 Å². The molecule has 2 aliphatic heterocycles. The van der Waals surface area contributed by atoms with E-state index in [1.54, 1.807) is 0 Å². The molecule has 0 radical (unpaired) electrons. The van der Waals surface area contributed by atoms with Crippen LogP contribution in [0.5, 0.6) is 0 Å². The monoisotopic (exact) mass is 525 g/mol. The molecule has 1 fully saturated rings. The highest BCUT2D eigenvalue weighted by Gasteiger charge is 2.48. The van der Waals surface area contributed by atoms with Crippen LogP contribution in [0.4, 0.5) is 0 Å². The Bertz CT molecular complexity index is 933. The van der Waals surface area contributed by atoms with Crippen LogP contribution in [-0.2, 0) is 31.6 Å². The number of amidine groups is 1. The first-order valence-electron chi connectivity index (χ1n) is 8.48. The number of nitrogens with two attached hydrogens (primary N) is 1. The average molecular weight is 525 g/mol. The van der Waals surface area contributed by atoms with E-state index < -0.39 is 54.6 Å². The van der Waals surface area contributed by atoms with Crippen molar-refractivity contribution in [3.8, 4) is 0 Å². The first-order valence-corrected chi connectivity index (χ1v) is 13.0. The predicted octanol–water partition coefficient (Wildman–Crippen LogP) is -1.81. The second-order valence-electron chi connectivity index (χ2n) is 6.38. The van der Waals surface area contributed by atoms with Crippen molar-refractivity contribution >= 4 is 29.3 Å². The lowest BCUT2D eigenvalue weighted by Gasteiger charge is -2.32. The van der Waals surface area contributed by atoms with Crippen LogP contribution in [0, 0.1) is 0 Å². The van der Waals surface area contributed by atoms with E-state index in [9.17, 15) is 28.8 Å². The van der Waals surface area contributed by atoms with Gasteiger partial charge in [0.15, 0.2) is 6.23 Å². The molecule has 1 saturated heterocycles. The zero-order chi connectivity index (χ0) is 24.5. The molecule has 0 aromatic heterocycles. The van der Waals surface area contributed by atoms with Crippen molar-refractivity contribution in [2.24, 2.45) is 10.7 Å². The maximum Gasteiger partial charge on any atom is 0.490 e. The number of aliphatic hydroxyl groups excluding tert-OH is 3. The highest BCUT2D eigenvalue weighted by atomic mass is 31.3. The number of aliphatic imine (C=N–C) groups is 1. The van der Waals surface area contributed by atoms with Gasteiger partial charge in [-0.2, -0.15) is 8.62 Å². The van der Waals surface area contributed by atoms with Crippen LogP contribution in [0.15, 0.2) is 29.2 Å². The number of hydrogen-bond donors (Lipinski definition) is 8. The van der Waals surface area contributed by atoms with E-state index in [2.05, 4.69) is 24.7 Å². The molecule has 2 aliphatic rings. The molecule has 0 aromatic carbocycles. The molecule has 20 heteroatoms. The van der Waals surface area contributed by atoms with Gasteiger partial charge in [0, 0.05) is 24.8 Å². The van der Waals surface area contributed by atoms with Gasteiger partial charge in [-0.05, 0) is 0 Å². The Labute approximate surface area is 180 Å². The number of nitrogens with zero attached hydrogens (tertiary/aromatic N) is 2. The van der Waals surface area contributed by atoms with Gasteiger partial charge >= 0.3 is 23.5 Å². The molecule has 0 aliphatic carbocycles. The molecule has 184 valence electrons. The summed E-state index contributed by atoms with van der Waals surface area (Å²) in [6.07, 6.45) is -4.64. The van der Waals surface area contributed by atoms with Gasteiger partial charge in [0.05, 0.1) is 6.61 Å². The first-order chi connectivity index (χ1) is 14.6. The summed E-state index contributed by atoms with van der Waals surface area (Å²) in [5.74, 6) is 0.0755. The molecule has 2 rings (SSSR count). The van der Waals surface area contributed by atoms with Crippen LogP contribution < -0.4 is 5.73 Å². The average Bonchev–Trinajstić information content (AvgIpc) is 2.87. The van der Waals surface area contributed by atoms with Crippen LogP contribution in [0.3, 0.4) is 0 Å². The number of aliphatic hydroxyl groups is 3. The van der Waals surface area contributed by atoms with E-state index in [-0.39, 0.29) is 24.7 Å². The van der Waals surface area contributed by atoms with Crippen LogP contribution in [-0.4, -0.2) is 83.4 Å². The minimum atomic E-state index is -5.71. The smallest absolute Gasteiger partial charge is 0.396 e. The molecule has 17 nitrogen and oxygen atoms in total. The topological polar surface area (TPSA) is 271 Å². The van der Waals surface area contributed by atoms with Gasteiger partial charge in [0.25, 0.3) is 0 Å². The van der Waals surface area contributed by atoms with E-state index in [1.165, 1.54) is 11.1 Å². The highest BCUT2D eigenvalue weighted by Crippen LogP contribution is 2.66. The summed E-state index contributed by atoms with van der Waals surface area (Å²) in [5, 5.41) is 29.6. The van der Waals surface area contributed by atoms with Gasteiger partial charge in [-0.3, -0.25) is 4.52 Å². The maximum atomic E-state index is 11.8. The normalized spacial score (nSPS) is 30.5. The predicted molar refractivity (Wildman–Crippen MR) is 103 cm³/mol. The molecule has 0 saturated carbocycles. The fourth-order valence-electron chi connectivity index (χ4n) is 2.68. The first kappa shape index (κ1) is 27.2.